The van der Waals surface area contributed by atoms with Crippen LogP contribution in [0.5, 0.6) is 23.0 Å². The van der Waals surface area contributed by atoms with Crippen molar-refractivity contribution in [3.8, 4) is 23.0 Å². The Balaban J connectivity index is 0.000000157. The summed E-state index contributed by atoms with van der Waals surface area (Å²) in [6.07, 6.45) is 0.789. The summed E-state index contributed by atoms with van der Waals surface area (Å²) in [6, 6.07) is 32.2. The van der Waals surface area contributed by atoms with E-state index in [0.717, 1.165) is 88.9 Å². The second kappa shape index (κ2) is 16.3. The van der Waals surface area contributed by atoms with E-state index in [4.69, 9.17) is 18.9 Å². The summed E-state index contributed by atoms with van der Waals surface area (Å²) in [5, 5.41) is 10.5. The van der Waals surface area contributed by atoms with Gasteiger partial charge in [0.2, 0.25) is 13.6 Å². The molecule has 0 aromatic heterocycles. The number of benzene rings is 4. The molecule has 4 aliphatic rings. The highest BCUT2D eigenvalue weighted by Crippen LogP contribution is 2.35. The van der Waals surface area contributed by atoms with E-state index in [1.807, 2.05) is 36.4 Å². The lowest BCUT2D eigenvalue weighted by atomic mass is 10.1. The van der Waals surface area contributed by atoms with Gasteiger partial charge >= 0.3 is 0 Å². The number of ether oxygens (including phenoxy) is 4. The van der Waals surface area contributed by atoms with E-state index in [1.165, 1.54) is 11.4 Å². The first-order valence-corrected chi connectivity index (χ1v) is 17.6. The summed E-state index contributed by atoms with van der Waals surface area (Å²) in [4.78, 5) is 22.1. The number of nitrogens with zero attached hydrogens (tertiary/aromatic N) is 4. The topological polar surface area (TPSA) is 87.2 Å². The second-order valence-electron chi connectivity index (χ2n) is 13.0. The van der Waals surface area contributed by atoms with Gasteiger partial charge in [0.15, 0.2) is 28.8 Å². The van der Waals surface area contributed by atoms with Crippen molar-refractivity contribution in [1.29, 1.82) is 0 Å². The molecule has 10 heteroatoms. The van der Waals surface area contributed by atoms with Gasteiger partial charge in [-0.3, -0.25) is 14.6 Å². The van der Waals surface area contributed by atoms with Gasteiger partial charge in [-0.15, -0.1) is 0 Å². The van der Waals surface area contributed by atoms with Gasteiger partial charge in [0.25, 0.3) is 0 Å². The van der Waals surface area contributed by atoms with Crippen LogP contribution in [0.3, 0.4) is 0 Å². The van der Waals surface area contributed by atoms with Crippen LogP contribution in [0, 0.1) is 0 Å². The van der Waals surface area contributed by atoms with Crippen LogP contribution in [-0.4, -0.2) is 99.7 Å². The van der Waals surface area contributed by atoms with Crippen molar-refractivity contribution in [3.63, 3.8) is 0 Å². The standard InChI is InChI=1S/C20H24N2O3.C20H22N2O3/c2*23-18(16-6-7-19-20(14-16)25-15-24-19)8-9-21-10-12-22(13-11-21)17-4-2-1-3-5-17/h1-7,14,18,23H,8-13,15H2;1-7,14H,8-13,15H2. The van der Waals surface area contributed by atoms with E-state index in [1.54, 1.807) is 6.07 Å². The Morgan fingerprint density at radius 3 is 1.66 bits per heavy atom. The van der Waals surface area contributed by atoms with Crippen LogP contribution in [0.2, 0.25) is 0 Å². The van der Waals surface area contributed by atoms with Crippen molar-refractivity contribution in [2.75, 3.05) is 88.8 Å². The molecule has 0 aliphatic carbocycles. The second-order valence-corrected chi connectivity index (χ2v) is 13.0. The molecular weight excluding hydrogens is 632 g/mol. The number of piperazine rings is 2. The highest BCUT2D eigenvalue weighted by Gasteiger charge is 2.22. The molecule has 0 spiro atoms. The van der Waals surface area contributed by atoms with Crippen LogP contribution in [0.1, 0.15) is 34.9 Å². The number of Topliss-reactive ketones (excluding diaryl/α,β-unsaturated/α-hetero) is 1. The molecule has 2 fully saturated rings. The molecule has 50 heavy (non-hydrogen) atoms. The number of aliphatic hydroxyl groups excluding tert-OH is 1. The number of aliphatic hydroxyl groups is 1. The van der Waals surface area contributed by atoms with E-state index in [9.17, 15) is 9.90 Å². The molecule has 0 saturated carbocycles. The molecule has 0 radical (unpaired) electrons. The molecule has 0 bridgehead atoms. The zero-order valence-electron chi connectivity index (χ0n) is 28.5. The Morgan fingerprint density at radius 1 is 0.580 bits per heavy atom. The number of ketones is 1. The average molecular weight is 679 g/mol. The first-order valence-electron chi connectivity index (χ1n) is 17.6. The summed E-state index contributed by atoms with van der Waals surface area (Å²) >= 11 is 0. The van der Waals surface area contributed by atoms with E-state index < -0.39 is 6.10 Å². The van der Waals surface area contributed by atoms with E-state index in [0.29, 0.717) is 23.5 Å². The number of anilines is 2. The Bertz CT molecular complexity index is 1690. The molecule has 4 aromatic carbocycles. The highest BCUT2D eigenvalue weighted by atomic mass is 16.7. The zero-order chi connectivity index (χ0) is 34.1. The molecule has 4 aromatic rings. The van der Waals surface area contributed by atoms with Crippen LogP contribution >= 0.6 is 0 Å². The lowest BCUT2D eigenvalue weighted by molar-refractivity contribution is 0.0962. The van der Waals surface area contributed by atoms with Crippen LogP contribution in [0.4, 0.5) is 11.4 Å². The smallest absolute Gasteiger partial charge is 0.231 e. The van der Waals surface area contributed by atoms with Gasteiger partial charge in [-0.05, 0) is 66.6 Å². The molecule has 1 N–H and O–H groups in total. The fourth-order valence-corrected chi connectivity index (χ4v) is 6.80. The minimum Gasteiger partial charge on any atom is -0.454 e. The summed E-state index contributed by atoms with van der Waals surface area (Å²) in [5.41, 5.74) is 4.17. The fourth-order valence-electron chi connectivity index (χ4n) is 6.80. The van der Waals surface area contributed by atoms with Crippen molar-refractivity contribution in [2.45, 2.75) is 18.9 Å². The molecule has 8 rings (SSSR count). The number of carbonyl (C=O) groups is 1. The van der Waals surface area contributed by atoms with Gasteiger partial charge in [0, 0.05) is 88.8 Å². The minimum absolute atomic E-state index is 0.156. The van der Waals surface area contributed by atoms with Gasteiger partial charge in [-0.1, -0.05) is 42.5 Å². The van der Waals surface area contributed by atoms with Crippen LogP contribution in [-0.2, 0) is 0 Å². The average Bonchev–Trinajstić information content (AvgIpc) is 3.87. The highest BCUT2D eigenvalue weighted by molar-refractivity contribution is 5.96. The van der Waals surface area contributed by atoms with Crippen molar-refractivity contribution in [3.05, 3.63) is 108 Å². The molecule has 4 heterocycles. The number of para-hydroxylation sites is 2. The van der Waals surface area contributed by atoms with Crippen LogP contribution < -0.4 is 28.7 Å². The van der Waals surface area contributed by atoms with Crippen molar-refractivity contribution in [1.82, 2.24) is 9.80 Å². The Labute approximate surface area is 294 Å². The maximum Gasteiger partial charge on any atom is 0.231 e. The predicted octanol–water partition coefficient (Wildman–Crippen LogP) is 5.47. The van der Waals surface area contributed by atoms with Gasteiger partial charge in [-0.25, -0.2) is 0 Å². The quantitative estimate of drug-likeness (QED) is 0.218. The van der Waals surface area contributed by atoms with Gasteiger partial charge in [0.1, 0.15) is 0 Å². The zero-order valence-corrected chi connectivity index (χ0v) is 28.5. The van der Waals surface area contributed by atoms with Gasteiger partial charge < -0.3 is 33.9 Å². The van der Waals surface area contributed by atoms with Gasteiger partial charge in [-0.2, -0.15) is 0 Å². The first-order chi connectivity index (χ1) is 24.6. The fraction of sp³-hybridized carbons (Fsp3) is 0.375. The number of fused-ring (bicyclic) bond motifs is 2. The SMILES string of the molecule is O=C(CCN1CCN(c2ccccc2)CC1)c1ccc2c(c1)OCO2.OC(CCN1CCN(c2ccccc2)CC1)c1ccc2c(c1)OCO2. The van der Waals surface area contributed by atoms with Crippen molar-refractivity contribution >= 4 is 17.2 Å². The minimum atomic E-state index is -0.471. The summed E-state index contributed by atoms with van der Waals surface area (Å²) in [5.74, 6) is 3.03. The third kappa shape index (κ3) is 8.50. The Kier molecular flexibility index (Phi) is 11.0. The number of hydrogen-bond acceptors (Lipinski definition) is 10. The normalized spacial score (nSPS) is 17.6. The summed E-state index contributed by atoms with van der Waals surface area (Å²) in [6.45, 7) is 10.3. The third-order valence-electron chi connectivity index (χ3n) is 9.84. The number of hydrogen-bond donors (Lipinski definition) is 1. The monoisotopic (exact) mass is 678 g/mol. The Hall–Kier alpha value is -4.77. The molecule has 0 amide bonds. The molecule has 10 nitrogen and oxygen atoms in total. The number of rotatable bonds is 10. The summed E-state index contributed by atoms with van der Waals surface area (Å²) < 4.78 is 21.3. The molecular formula is C40H46N4O6. The molecule has 4 aliphatic heterocycles. The van der Waals surface area contributed by atoms with Crippen LogP contribution in [0.25, 0.3) is 0 Å². The molecule has 262 valence electrons. The maximum absolute atomic E-state index is 12.4. The van der Waals surface area contributed by atoms with E-state index >= 15 is 0 Å². The molecule has 1 atom stereocenters. The van der Waals surface area contributed by atoms with Crippen molar-refractivity contribution < 1.29 is 28.8 Å². The Morgan fingerprint density at radius 2 is 1.08 bits per heavy atom. The lowest BCUT2D eigenvalue weighted by Crippen LogP contribution is -2.46. The lowest BCUT2D eigenvalue weighted by Gasteiger charge is -2.36. The predicted molar refractivity (Wildman–Crippen MR) is 194 cm³/mol. The molecule has 2 saturated heterocycles. The number of carbonyl (C=O) groups excluding carboxylic acids is 1. The summed E-state index contributed by atoms with van der Waals surface area (Å²) in [7, 11) is 0. The van der Waals surface area contributed by atoms with E-state index in [-0.39, 0.29) is 19.4 Å². The third-order valence-corrected chi connectivity index (χ3v) is 9.84. The molecule has 1 unspecified atom stereocenters. The van der Waals surface area contributed by atoms with Gasteiger partial charge in [0.05, 0.1) is 6.10 Å². The largest absolute Gasteiger partial charge is 0.454 e. The van der Waals surface area contributed by atoms with Crippen LogP contribution in [0.15, 0.2) is 97.1 Å². The first kappa shape index (κ1) is 33.7. The maximum atomic E-state index is 12.4. The van der Waals surface area contributed by atoms with Crippen molar-refractivity contribution in [2.24, 2.45) is 0 Å². The van der Waals surface area contributed by atoms with E-state index in [2.05, 4.69) is 74.2 Å².